The van der Waals surface area contributed by atoms with E-state index in [1.54, 1.807) is 6.92 Å². The Labute approximate surface area is 127 Å². The van der Waals surface area contributed by atoms with Crippen molar-refractivity contribution >= 4 is 37.4 Å². The first-order valence-corrected chi connectivity index (χ1v) is 9.35. The van der Waals surface area contributed by atoms with Gasteiger partial charge in [-0.15, -0.1) is 0 Å². The summed E-state index contributed by atoms with van der Waals surface area (Å²) in [5, 5.41) is -0.444. The third-order valence-corrected chi connectivity index (χ3v) is 6.38. The molecule has 0 radical (unpaired) electrons. The van der Waals surface area contributed by atoms with E-state index in [0.29, 0.717) is 15.5 Å². The lowest BCUT2D eigenvalue weighted by Crippen LogP contribution is -2.14. The first-order valence-electron chi connectivity index (χ1n) is 6.22. The van der Waals surface area contributed by atoms with Gasteiger partial charge in [0, 0.05) is 12.2 Å². The van der Waals surface area contributed by atoms with Gasteiger partial charge < -0.3 is 0 Å². The van der Waals surface area contributed by atoms with Gasteiger partial charge in [-0.1, -0.05) is 24.4 Å². The molecule has 0 aromatic carbocycles. The van der Waals surface area contributed by atoms with E-state index >= 15 is 0 Å². The van der Waals surface area contributed by atoms with Gasteiger partial charge in [-0.3, -0.25) is 0 Å². The molecule has 0 bridgehead atoms. The van der Waals surface area contributed by atoms with Crippen LogP contribution in [-0.4, -0.2) is 24.6 Å². The lowest BCUT2D eigenvalue weighted by molar-refractivity contribution is 0.587. The summed E-state index contributed by atoms with van der Waals surface area (Å²) in [4.78, 5) is 8.56. The molecule has 1 aliphatic rings. The van der Waals surface area contributed by atoms with E-state index in [9.17, 15) is 8.42 Å². The first-order chi connectivity index (χ1) is 8.80. The van der Waals surface area contributed by atoms with Crippen molar-refractivity contribution in [2.24, 2.45) is 0 Å². The van der Waals surface area contributed by atoms with Crippen LogP contribution in [0.2, 0.25) is 5.15 Å². The summed E-state index contributed by atoms with van der Waals surface area (Å²) < 4.78 is 24.0. The number of rotatable bonds is 3. The third-order valence-electron chi connectivity index (χ3n) is 3.60. The van der Waals surface area contributed by atoms with E-state index in [2.05, 4.69) is 25.9 Å². The highest BCUT2D eigenvalue weighted by molar-refractivity contribution is 9.10. The number of hydrogen-bond acceptors (Lipinski definition) is 4. The molecule has 1 fully saturated rings. The molecule has 1 aromatic heterocycles. The molecular weight excluding hydrogens is 352 g/mol. The van der Waals surface area contributed by atoms with Gasteiger partial charge in [0.25, 0.3) is 0 Å². The Kier molecular flexibility index (Phi) is 4.52. The molecule has 0 N–H and O–H groups in total. The summed E-state index contributed by atoms with van der Waals surface area (Å²) in [6.45, 7) is 1.59. The lowest BCUT2D eigenvalue weighted by Gasteiger charge is -2.15. The molecule has 2 rings (SSSR count). The van der Waals surface area contributed by atoms with Crippen LogP contribution in [0.5, 0.6) is 0 Å². The maximum Gasteiger partial charge on any atom is 0.157 e. The maximum absolute atomic E-state index is 11.6. The van der Waals surface area contributed by atoms with Crippen molar-refractivity contribution in [1.29, 1.82) is 0 Å². The van der Waals surface area contributed by atoms with Crippen molar-refractivity contribution in [2.45, 2.75) is 43.8 Å². The van der Waals surface area contributed by atoms with Crippen LogP contribution in [0.25, 0.3) is 0 Å². The Balaban J connectivity index is 2.47. The van der Waals surface area contributed by atoms with E-state index in [1.807, 2.05) is 0 Å². The molecule has 4 nitrogen and oxygen atoms in total. The number of nitrogens with zero attached hydrogens (tertiary/aromatic N) is 2. The van der Waals surface area contributed by atoms with E-state index in [-0.39, 0.29) is 5.82 Å². The SMILES string of the molecule is CC(c1nc(Cl)c(Br)c(C2CCCC2)n1)S(C)(=O)=O. The Hall–Kier alpha value is -0.200. The van der Waals surface area contributed by atoms with Crippen molar-refractivity contribution in [2.75, 3.05) is 6.26 Å². The Morgan fingerprint density at radius 3 is 2.42 bits per heavy atom. The van der Waals surface area contributed by atoms with Crippen molar-refractivity contribution in [3.63, 3.8) is 0 Å². The molecule has 19 heavy (non-hydrogen) atoms. The fourth-order valence-electron chi connectivity index (χ4n) is 2.30. The summed E-state index contributed by atoms with van der Waals surface area (Å²) in [7, 11) is -3.22. The number of hydrogen-bond donors (Lipinski definition) is 0. The molecule has 0 spiro atoms. The topological polar surface area (TPSA) is 59.9 Å². The second kappa shape index (κ2) is 5.66. The van der Waals surface area contributed by atoms with Crippen LogP contribution < -0.4 is 0 Å². The van der Waals surface area contributed by atoms with E-state index < -0.39 is 15.1 Å². The first kappa shape index (κ1) is 15.2. The summed E-state index contributed by atoms with van der Waals surface area (Å²) in [5.74, 6) is 0.637. The van der Waals surface area contributed by atoms with Gasteiger partial charge in [-0.25, -0.2) is 18.4 Å². The molecule has 1 unspecified atom stereocenters. The van der Waals surface area contributed by atoms with E-state index in [4.69, 9.17) is 11.6 Å². The van der Waals surface area contributed by atoms with Crippen LogP contribution in [0.1, 0.15) is 55.3 Å². The zero-order valence-corrected chi connectivity index (χ0v) is 14.0. The smallest absolute Gasteiger partial charge is 0.157 e. The zero-order chi connectivity index (χ0) is 14.2. The van der Waals surface area contributed by atoms with Crippen LogP contribution in [-0.2, 0) is 9.84 Å². The largest absolute Gasteiger partial charge is 0.235 e. The Morgan fingerprint density at radius 1 is 1.32 bits per heavy atom. The normalized spacial score (nSPS) is 18.7. The highest BCUT2D eigenvalue weighted by Crippen LogP contribution is 2.39. The summed E-state index contributed by atoms with van der Waals surface area (Å²) in [6, 6.07) is 0. The van der Waals surface area contributed by atoms with Crippen molar-refractivity contribution in [3.05, 3.63) is 21.1 Å². The maximum atomic E-state index is 11.6. The van der Waals surface area contributed by atoms with Crippen molar-refractivity contribution < 1.29 is 8.42 Å². The molecule has 0 saturated heterocycles. The minimum Gasteiger partial charge on any atom is -0.235 e. The average Bonchev–Trinajstić information content (AvgIpc) is 2.83. The fourth-order valence-corrected chi connectivity index (χ4v) is 3.47. The van der Waals surface area contributed by atoms with E-state index in [0.717, 1.165) is 18.5 Å². The monoisotopic (exact) mass is 366 g/mol. The highest BCUT2D eigenvalue weighted by Gasteiger charge is 2.27. The summed E-state index contributed by atoms with van der Waals surface area (Å²) >= 11 is 9.52. The average molecular weight is 368 g/mol. The minimum atomic E-state index is -3.22. The summed E-state index contributed by atoms with van der Waals surface area (Å²) in [6.07, 6.45) is 5.68. The molecule has 7 heteroatoms. The van der Waals surface area contributed by atoms with Gasteiger partial charge in [-0.2, -0.15) is 0 Å². The zero-order valence-electron chi connectivity index (χ0n) is 10.9. The number of halogens is 2. The molecule has 1 heterocycles. The fraction of sp³-hybridized carbons (Fsp3) is 0.667. The quantitative estimate of drug-likeness (QED) is 0.765. The van der Waals surface area contributed by atoms with Crippen LogP contribution in [0.4, 0.5) is 0 Å². The van der Waals surface area contributed by atoms with Crippen LogP contribution in [0.3, 0.4) is 0 Å². The molecule has 106 valence electrons. The molecule has 0 amide bonds. The molecular formula is C12H16BrClN2O2S. The number of sulfone groups is 1. The molecule has 0 aliphatic heterocycles. The van der Waals surface area contributed by atoms with Crippen molar-refractivity contribution in [3.8, 4) is 0 Å². The second-order valence-corrected chi connectivity index (χ2v) is 8.54. The number of aromatic nitrogens is 2. The van der Waals surface area contributed by atoms with Crippen LogP contribution in [0, 0.1) is 0 Å². The van der Waals surface area contributed by atoms with Gasteiger partial charge in [-0.05, 0) is 35.7 Å². The molecule has 1 aromatic rings. The third kappa shape index (κ3) is 3.28. The summed E-state index contributed by atoms with van der Waals surface area (Å²) in [5.41, 5.74) is 0.850. The molecule has 1 aliphatic carbocycles. The predicted molar refractivity (Wildman–Crippen MR) is 79.2 cm³/mol. The van der Waals surface area contributed by atoms with Gasteiger partial charge >= 0.3 is 0 Å². The minimum absolute atomic E-state index is 0.289. The predicted octanol–water partition coefficient (Wildman–Crippen LogP) is 3.66. The molecule has 1 saturated carbocycles. The standard InChI is InChI=1S/C12H16BrClN2O2S/c1-7(19(2,17)18)12-15-10(8-5-3-4-6-8)9(13)11(14)16-12/h7-8H,3-6H2,1-2H3. The Morgan fingerprint density at radius 2 is 1.89 bits per heavy atom. The van der Waals surface area contributed by atoms with Crippen molar-refractivity contribution in [1.82, 2.24) is 9.97 Å². The second-order valence-electron chi connectivity index (χ2n) is 5.02. The van der Waals surface area contributed by atoms with Gasteiger partial charge in [0.2, 0.25) is 0 Å². The van der Waals surface area contributed by atoms with E-state index in [1.165, 1.54) is 19.1 Å². The lowest BCUT2D eigenvalue weighted by atomic mass is 10.0. The van der Waals surface area contributed by atoms with Crippen LogP contribution in [0.15, 0.2) is 4.47 Å². The van der Waals surface area contributed by atoms with Gasteiger partial charge in [0.15, 0.2) is 9.84 Å². The molecule has 1 atom stereocenters. The Bertz CT molecular complexity index is 586. The van der Waals surface area contributed by atoms with Gasteiger partial charge in [0.1, 0.15) is 16.2 Å². The van der Waals surface area contributed by atoms with Gasteiger partial charge in [0.05, 0.1) is 10.2 Å². The van der Waals surface area contributed by atoms with Crippen LogP contribution >= 0.6 is 27.5 Å². The highest BCUT2D eigenvalue weighted by atomic mass is 79.9.